The lowest BCUT2D eigenvalue weighted by molar-refractivity contribution is -0.139. The Labute approximate surface area is 132 Å². The van der Waals surface area contributed by atoms with Crippen LogP contribution >= 0.6 is 22.6 Å². The van der Waals surface area contributed by atoms with E-state index in [0.29, 0.717) is 3.83 Å². The van der Waals surface area contributed by atoms with E-state index >= 15 is 0 Å². The van der Waals surface area contributed by atoms with Crippen LogP contribution in [-0.2, 0) is 12.7 Å². The predicted octanol–water partition coefficient (Wildman–Crippen LogP) is 2.95. The zero-order valence-corrected chi connectivity index (χ0v) is 12.9. The maximum atomic E-state index is 12.8. The first-order valence-corrected chi connectivity index (χ1v) is 7.09. The Morgan fingerprint density at radius 3 is 2.67 bits per heavy atom. The Bertz CT molecular complexity index is 601. The van der Waals surface area contributed by atoms with Crippen molar-refractivity contribution in [2.24, 2.45) is 0 Å². The summed E-state index contributed by atoms with van der Waals surface area (Å²) in [6, 6.07) is 4.92. The molecule has 2 rings (SSSR count). The molecule has 0 fully saturated rings. The van der Waals surface area contributed by atoms with Crippen LogP contribution in [0.5, 0.6) is 5.75 Å². The Morgan fingerprint density at radius 2 is 2.05 bits per heavy atom. The summed E-state index contributed by atoms with van der Waals surface area (Å²) in [5.74, 6) is -0.288. The van der Waals surface area contributed by atoms with E-state index in [-0.39, 0.29) is 18.9 Å². The van der Waals surface area contributed by atoms with Crippen molar-refractivity contribution in [2.75, 3.05) is 6.61 Å². The molecule has 0 bridgehead atoms. The minimum atomic E-state index is -4.48. The molecule has 1 aromatic heterocycles. The van der Waals surface area contributed by atoms with Crippen molar-refractivity contribution in [3.8, 4) is 5.75 Å². The maximum absolute atomic E-state index is 12.8. The van der Waals surface area contributed by atoms with E-state index in [1.165, 1.54) is 18.2 Å². The Kier molecular flexibility index (Phi) is 5.09. The van der Waals surface area contributed by atoms with E-state index in [1.807, 2.05) is 22.6 Å². The van der Waals surface area contributed by atoms with E-state index in [9.17, 15) is 18.3 Å². The quantitative estimate of drug-likeness (QED) is 0.769. The average molecular weight is 412 g/mol. The molecule has 1 heterocycles. The molecule has 0 spiro atoms. The van der Waals surface area contributed by atoms with Crippen molar-refractivity contribution < 1.29 is 23.0 Å². The first-order valence-electron chi connectivity index (χ1n) is 6.01. The van der Waals surface area contributed by atoms with Gasteiger partial charge in [0.05, 0.1) is 12.1 Å². The minimum Gasteiger partial charge on any atom is -0.490 e. The first-order chi connectivity index (χ1) is 9.88. The van der Waals surface area contributed by atoms with Crippen molar-refractivity contribution in [1.29, 1.82) is 0 Å². The first kappa shape index (κ1) is 16.1. The van der Waals surface area contributed by atoms with Gasteiger partial charge in [-0.25, -0.2) is 4.98 Å². The molecule has 0 radical (unpaired) electrons. The molecule has 114 valence electrons. The summed E-state index contributed by atoms with van der Waals surface area (Å²) in [6.45, 7) is -0.0339. The third kappa shape index (κ3) is 4.34. The van der Waals surface area contributed by atoms with Crippen LogP contribution in [0.4, 0.5) is 13.2 Å². The SMILES string of the molecule is O[C@@H](COc1ccccc1C(F)(F)F)Cn1ccnc1I. The van der Waals surface area contributed by atoms with Crippen LogP contribution in [0.3, 0.4) is 0 Å². The number of hydrogen-bond donors (Lipinski definition) is 1. The maximum Gasteiger partial charge on any atom is 0.419 e. The van der Waals surface area contributed by atoms with Crippen LogP contribution in [-0.4, -0.2) is 27.4 Å². The molecule has 8 heteroatoms. The normalized spacial score (nSPS) is 13.2. The number of aromatic nitrogens is 2. The molecule has 0 amide bonds. The number of hydrogen-bond acceptors (Lipinski definition) is 3. The number of ether oxygens (including phenoxy) is 1. The fraction of sp³-hybridized carbons (Fsp3) is 0.308. The van der Waals surface area contributed by atoms with Gasteiger partial charge in [0.25, 0.3) is 0 Å². The van der Waals surface area contributed by atoms with Gasteiger partial charge in [-0.2, -0.15) is 13.2 Å². The molecule has 0 aliphatic heterocycles. The number of aliphatic hydroxyl groups is 1. The molecule has 4 nitrogen and oxygen atoms in total. The number of benzene rings is 1. The van der Waals surface area contributed by atoms with E-state index in [0.717, 1.165) is 6.07 Å². The Morgan fingerprint density at radius 1 is 1.33 bits per heavy atom. The smallest absolute Gasteiger partial charge is 0.419 e. The number of halogens is 4. The lowest BCUT2D eigenvalue weighted by Crippen LogP contribution is -2.24. The molecule has 21 heavy (non-hydrogen) atoms. The molecule has 0 aliphatic carbocycles. The van der Waals surface area contributed by atoms with Crippen molar-refractivity contribution in [3.63, 3.8) is 0 Å². The van der Waals surface area contributed by atoms with E-state index < -0.39 is 17.8 Å². The second kappa shape index (κ2) is 6.65. The summed E-state index contributed by atoms with van der Waals surface area (Å²) in [6.07, 6.45) is -2.17. The van der Waals surface area contributed by atoms with Gasteiger partial charge in [0.2, 0.25) is 0 Å². The monoisotopic (exact) mass is 412 g/mol. The third-order valence-electron chi connectivity index (χ3n) is 2.70. The molecule has 0 unspecified atom stereocenters. The van der Waals surface area contributed by atoms with Gasteiger partial charge >= 0.3 is 6.18 Å². The molecule has 1 aromatic carbocycles. The summed E-state index contributed by atoms with van der Waals surface area (Å²) < 4.78 is 45.8. The standard InChI is InChI=1S/C13H12F3IN2O2/c14-13(15,16)10-3-1-2-4-11(10)21-8-9(20)7-19-6-5-18-12(19)17/h1-6,9,20H,7-8H2/t9-/m1/s1. The number of imidazole rings is 1. The molecular formula is C13H12F3IN2O2. The van der Waals surface area contributed by atoms with Crippen LogP contribution in [0.1, 0.15) is 5.56 Å². The summed E-state index contributed by atoms with van der Waals surface area (Å²) in [7, 11) is 0. The number of para-hydroxylation sites is 1. The van der Waals surface area contributed by atoms with Gasteiger partial charge in [-0.1, -0.05) is 12.1 Å². The molecule has 0 saturated heterocycles. The molecule has 2 aromatic rings. The van der Waals surface area contributed by atoms with E-state index in [4.69, 9.17) is 4.74 Å². The second-order valence-corrected chi connectivity index (χ2v) is 5.27. The molecular weight excluding hydrogens is 400 g/mol. The van der Waals surface area contributed by atoms with Crippen molar-refractivity contribution in [3.05, 3.63) is 46.1 Å². The minimum absolute atomic E-state index is 0.201. The Balaban J connectivity index is 1.99. The zero-order valence-electron chi connectivity index (χ0n) is 10.7. The second-order valence-electron chi connectivity index (χ2n) is 4.31. The average Bonchev–Trinajstić information content (AvgIpc) is 2.81. The van der Waals surface area contributed by atoms with Crippen LogP contribution in [0.25, 0.3) is 0 Å². The lowest BCUT2D eigenvalue weighted by atomic mass is 10.2. The summed E-state index contributed by atoms with van der Waals surface area (Å²) in [5, 5.41) is 9.84. The van der Waals surface area contributed by atoms with Crippen LogP contribution in [0.15, 0.2) is 36.7 Å². The number of aliphatic hydroxyl groups excluding tert-OH is 1. The highest BCUT2D eigenvalue weighted by molar-refractivity contribution is 14.1. The van der Waals surface area contributed by atoms with Gasteiger partial charge in [-0.15, -0.1) is 0 Å². The largest absolute Gasteiger partial charge is 0.490 e. The van der Waals surface area contributed by atoms with Gasteiger partial charge in [0.1, 0.15) is 18.5 Å². The zero-order chi connectivity index (χ0) is 15.5. The fourth-order valence-electron chi connectivity index (χ4n) is 1.74. The van der Waals surface area contributed by atoms with Gasteiger partial charge in [-0.05, 0) is 34.7 Å². The third-order valence-corrected chi connectivity index (χ3v) is 3.59. The fourth-order valence-corrected chi connectivity index (χ4v) is 2.26. The highest BCUT2D eigenvalue weighted by Crippen LogP contribution is 2.35. The molecule has 0 aliphatic rings. The number of alkyl halides is 3. The van der Waals surface area contributed by atoms with E-state index in [1.54, 1.807) is 17.0 Å². The predicted molar refractivity (Wildman–Crippen MR) is 77.9 cm³/mol. The highest BCUT2D eigenvalue weighted by atomic mass is 127. The van der Waals surface area contributed by atoms with Gasteiger partial charge in [0.15, 0.2) is 3.83 Å². The number of rotatable bonds is 5. The highest BCUT2D eigenvalue weighted by Gasteiger charge is 2.34. The van der Waals surface area contributed by atoms with Crippen LogP contribution in [0, 0.1) is 3.83 Å². The molecule has 0 saturated carbocycles. The summed E-state index contributed by atoms with van der Waals surface area (Å²) >= 11 is 2.00. The van der Waals surface area contributed by atoms with Gasteiger partial charge in [-0.3, -0.25) is 0 Å². The van der Waals surface area contributed by atoms with Gasteiger partial charge in [0, 0.05) is 12.4 Å². The molecule has 1 atom stereocenters. The Hall–Kier alpha value is -1.29. The summed E-state index contributed by atoms with van der Waals surface area (Å²) in [4.78, 5) is 3.98. The molecule has 1 N–H and O–H groups in total. The van der Waals surface area contributed by atoms with Crippen molar-refractivity contribution in [1.82, 2.24) is 9.55 Å². The van der Waals surface area contributed by atoms with Crippen LogP contribution in [0.2, 0.25) is 0 Å². The van der Waals surface area contributed by atoms with Crippen LogP contribution < -0.4 is 4.74 Å². The number of nitrogens with zero attached hydrogens (tertiary/aromatic N) is 2. The summed E-state index contributed by atoms with van der Waals surface area (Å²) in [5.41, 5.74) is -0.852. The van der Waals surface area contributed by atoms with Crippen molar-refractivity contribution >= 4 is 22.6 Å². The van der Waals surface area contributed by atoms with E-state index in [2.05, 4.69) is 4.98 Å². The lowest BCUT2D eigenvalue weighted by Gasteiger charge is -2.16. The van der Waals surface area contributed by atoms with Gasteiger partial charge < -0.3 is 14.4 Å². The topological polar surface area (TPSA) is 47.3 Å². The van der Waals surface area contributed by atoms with Crippen molar-refractivity contribution in [2.45, 2.75) is 18.8 Å².